The van der Waals surface area contributed by atoms with E-state index in [0.717, 1.165) is 25.1 Å². The third-order valence-electron chi connectivity index (χ3n) is 3.46. The lowest BCUT2D eigenvalue weighted by atomic mass is 10.0. The number of carbonyl (C=O) groups is 2. The SMILES string of the molecule is NC(=O)CN1CCC(CC(=O)NCc2ccncc2)C1. The second-order valence-electron chi connectivity index (χ2n) is 5.19. The van der Waals surface area contributed by atoms with E-state index in [2.05, 4.69) is 10.3 Å². The van der Waals surface area contributed by atoms with Crippen LogP contribution in [0.3, 0.4) is 0 Å². The second kappa shape index (κ2) is 7.00. The molecule has 3 N–H and O–H groups in total. The molecule has 1 fully saturated rings. The van der Waals surface area contributed by atoms with Crippen LogP contribution in [-0.2, 0) is 16.1 Å². The van der Waals surface area contributed by atoms with Gasteiger partial charge < -0.3 is 11.1 Å². The molecule has 0 bridgehead atoms. The maximum atomic E-state index is 11.9. The number of nitrogens with two attached hydrogens (primary N) is 1. The molecule has 2 rings (SSSR count). The first-order valence-corrected chi connectivity index (χ1v) is 6.79. The molecule has 1 saturated heterocycles. The molecular formula is C14H20N4O2. The van der Waals surface area contributed by atoms with Crippen LogP contribution in [0.25, 0.3) is 0 Å². The zero-order valence-electron chi connectivity index (χ0n) is 11.4. The van der Waals surface area contributed by atoms with E-state index in [4.69, 9.17) is 5.73 Å². The molecule has 0 aliphatic carbocycles. The van der Waals surface area contributed by atoms with Crippen molar-refractivity contribution in [3.63, 3.8) is 0 Å². The van der Waals surface area contributed by atoms with Crippen LogP contribution in [0.15, 0.2) is 24.5 Å². The first kappa shape index (κ1) is 14.5. The third kappa shape index (κ3) is 4.62. The van der Waals surface area contributed by atoms with Crippen LogP contribution < -0.4 is 11.1 Å². The van der Waals surface area contributed by atoms with Gasteiger partial charge in [-0.1, -0.05) is 0 Å². The van der Waals surface area contributed by atoms with E-state index in [0.29, 0.717) is 18.9 Å². The van der Waals surface area contributed by atoms with Crippen LogP contribution in [0.5, 0.6) is 0 Å². The topological polar surface area (TPSA) is 88.3 Å². The molecule has 1 atom stereocenters. The van der Waals surface area contributed by atoms with Gasteiger partial charge in [-0.05, 0) is 36.6 Å². The fraction of sp³-hybridized carbons (Fsp3) is 0.500. The number of nitrogens with one attached hydrogen (secondary N) is 1. The Kier molecular flexibility index (Phi) is 5.06. The Morgan fingerprint density at radius 3 is 2.85 bits per heavy atom. The molecule has 20 heavy (non-hydrogen) atoms. The molecule has 6 nitrogen and oxygen atoms in total. The number of pyridine rings is 1. The predicted molar refractivity (Wildman–Crippen MR) is 74.4 cm³/mol. The largest absolute Gasteiger partial charge is 0.369 e. The average molecular weight is 276 g/mol. The van der Waals surface area contributed by atoms with Gasteiger partial charge in [-0.3, -0.25) is 19.5 Å². The molecule has 0 spiro atoms. The summed E-state index contributed by atoms with van der Waals surface area (Å²) in [7, 11) is 0. The Labute approximate surface area is 118 Å². The third-order valence-corrected chi connectivity index (χ3v) is 3.46. The van der Waals surface area contributed by atoms with Gasteiger partial charge in [0.05, 0.1) is 6.54 Å². The minimum absolute atomic E-state index is 0.0488. The number of rotatable bonds is 6. The van der Waals surface area contributed by atoms with Crippen molar-refractivity contribution in [2.75, 3.05) is 19.6 Å². The van der Waals surface area contributed by atoms with Crippen molar-refractivity contribution in [3.8, 4) is 0 Å². The van der Waals surface area contributed by atoms with Crippen molar-refractivity contribution in [1.82, 2.24) is 15.2 Å². The van der Waals surface area contributed by atoms with Crippen molar-refractivity contribution in [1.29, 1.82) is 0 Å². The van der Waals surface area contributed by atoms with E-state index in [-0.39, 0.29) is 18.4 Å². The molecule has 1 aromatic rings. The maximum Gasteiger partial charge on any atom is 0.231 e. The smallest absolute Gasteiger partial charge is 0.231 e. The lowest BCUT2D eigenvalue weighted by Crippen LogP contribution is -2.32. The van der Waals surface area contributed by atoms with Crippen LogP contribution in [0.2, 0.25) is 0 Å². The molecule has 2 amide bonds. The molecule has 6 heteroatoms. The molecule has 0 radical (unpaired) electrons. The summed E-state index contributed by atoms with van der Waals surface area (Å²) in [4.78, 5) is 28.6. The van der Waals surface area contributed by atoms with E-state index in [9.17, 15) is 9.59 Å². The highest BCUT2D eigenvalue weighted by Crippen LogP contribution is 2.18. The number of likely N-dealkylation sites (tertiary alicyclic amines) is 1. The number of aromatic nitrogens is 1. The monoisotopic (exact) mass is 276 g/mol. The summed E-state index contributed by atoms with van der Waals surface area (Å²) in [5.74, 6) is 0.0484. The Balaban J connectivity index is 1.69. The van der Waals surface area contributed by atoms with Crippen molar-refractivity contribution >= 4 is 11.8 Å². The van der Waals surface area contributed by atoms with Crippen molar-refractivity contribution in [3.05, 3.63) is 30.1 Å². The predicted octanol–water partition coefficient (Wildman–Crippen LogP) is -0.105. The Morgan fingerprint density at radius 2 is 2.15 bits per heavy atom. The summed E-state index contributed by atoms with van der Waals surface area (Å²) in [5, 5.41) is 2.90. The molecule has 2 heterocycles. The Bertz CT molecular complexity index is 464. The molecule has 1 aliphatic heterocycles. The van der Waals surface area contributed by atoms with Gasteiger partial charge in [0.1, 0.15) is 0 Å². The van der Waals surface area contributed by atoms with Gasteiger partial charge in [0, 0.05) is 31.9 Å². The highest BCUT2D eigenvalue weighted by molar-refractivity contribution is 5.77. The zero-order chi connectivity index (χ0) is 14.4. The summed E-state index contributed by atoms with van der Waals surface area (Å²) in [6.45, 7) is 2.42. The summed E-state index contributed by atoms with van der Waals surface area (Å²) < 4.78 is 0. The van der Waals surface area contributed by atoms with Crippen molar-refractivity contribution < 1.29 is 9.59 Å². The number of hydrogen-bond acceptors (Lipinski definition) is 4. The lowest BCUT2D eigenvalue weighted by molar-refractivity contribution is -0.122. The van der Waals surface area contributed by atoms with Gasteiger partial charge >= 0.3 is 0 Å². The standard InChI is InChI=1S/C14H20N4O2/c15-13(19)10-18-6-3-12(9-18)7-14(20)17-8-11-1-4-16-5-2-11/h1-2,4-5,12H,3,6-10H2,(H2,15,19)(H,17,20). The van der Waals surface area contributed by atoms with Crippen LogP contribution in [-0.4, -0.2) is 41.3 Å². The van der Waals surface area contributed by atoms with Crippen LogP contribution in [0.1, 0.15) is 18.4 Å². The van der Waals surface area contributed by atoms with Crippen molar-refractivity contribution in [2.45, 2.75) is 19.4 Å². The summed E-state index contributed by atoms with van der Waals surface area (Å²) >= 11 is 0. The molecule has 1 aromatic heterocycles. The molecule has 0 saturated carbocycles. The first-order chi connectivity index (χ1) is 9.63. The minimum atomic E-state index is -0.312. The van der Waals surface area contributed by atoms with Gasteiger partial charge in [-0.25, -0.2) is 0 Å². The fourth-order valence-corrected chi connectivity index (χ4v) is 2.48. The normalized spacial score (nSPS) is 18.9. The fourth-order valence-electron chi connectivity index (χ4n) is 2.48. The molecule has 0 aromatic carbocycles. The highest BCUT2D eigenvalue weighted by Gasteiger charge is 2.25. The van der Waals surface area contributed by atoms with E-state index in [1.165, 1.54) is 0 Å². The molecule has 1 aliphatic rings. The second-order valence-corrected chi connectivity index (χ2v) is 5.19. The molecule has 108 valence electrons. The van der Waals surface area contributed by atoms with Crippen LogP contribution in [0.4, 0.5) is 0 Å². The highest BCUT2D eigenvalue weighted by atomic mass is 16.2. The molecular weight excluding hydrogens is 256 g/mol. The Morgan fingerprint density at radius 1 is 1.40 bits per heavy atom. The summed E-state index contributed by atoms with van der Waals surface area (Å²) in [6.07, 6.45) is 4.86. The van der Waals surface area contributed by atoms with E-state index in [1.807, 2.05) is 17.0 Å². The number of nitrogens with zero attached hydrogens (tertiary/aromatic N) is 2. The van der Waals surface area contributed by atoms with Gasteiger partial charge in [-0.15, -0.1) is 0 Å². The zero-order valence-corrected chi connectivity index (χ0v) is 11.4. The van der Waals surface area contributed by atoms with Gasteiger partial charge in [-0.2, -0.15) is 0 Å². The molecule has 1 unspecified atom stereocenters. The quantitative estimate of drug-likeness (QED) is 0.759. The van der Waals surface area contributed by atoms with E-state index < -0.39 is 0 Å². The van der Waals surface area contributed by atoms with Crippen molar-refractivity contribution in [2.24, 2.45) is 11.7 Å². The first-order valence-electron chi connectivity index (χ1n) is 6.79. The Hall–Kier alpha value is -1.95. The van der Waals surface area contributed by atoms with Gasteiger partial charge in [0.2, 0.25) is 11.8 Å². The van der Waals surface area contributed by atoms with Crippen LogP contribution >= 0.6 is 0 Å². The number of amides is 2. The number of carbonyl (C=O) groups excluding carboxylic acids is 2. The lowest BCUT2D eigenvalue weighted by Gasteiger charge is -2.13. The van der Waals surface area contributed by atoms with Gasteiger partial charge in [0.15, 0.2) is 0 Å². The number of hydrogen-bond donors (Lipinski definition) is 2. The van der Waals surface area contributed by atoms with Crippen LogP contribution in [0, 0.1) is 5.92 Å². The van der Waals surface area contributed by atoms with Gasteiger partial charge in [0.25, 0.3) is 0 Å². The maximum absolute atomic E-state index is 11.9. The average Bonchev–Trinajstić information content (AvgIpc) is 2.84. The summed E-state index contributed by atoms with van der Waals surface area (Å²) in [5.41, 5.74) is 6.20. The summed E-state index contributed by atoms with van der Waals surface area (Å²) in [6, 6.07) is 3.76. The van der Waals surface area contributed by atoms with E-state index >= 15 is 0 Å². The minimum Gasteiger partial charge on any atom is -0.369 e. The van der Waals surface area contributed by atoms with E-state index in [1.54, 1.807) is 12.4 Å². The number of primary amides is 1.